The minimum Gasteiger partial charge on any atom is -0.456 e. The molecule has 1 aliphatic rings. The lowest BCUT2D eigenvalue weighted by Crippen LogP contribution is -2.36. The molecule has 5 aromatic rings. The molecule has 4 aromatic heterocycles. The third kappa shape index (κ3) is 7.24. The van der Waals surface area contributed by atoms with Gasteiger partial charge in [0.2, 0.25) is 5.95 Å². The van der Waals surface area contributed by atoms with Crippen molar-refractivity contribution in [2.24, 2.45) is 0 Å². The molecule has 218 valence electrons. The largest absolute Gasteiger partial charge is 0.456 e. The number of aromatic nitrogens is 4. The zero-order valence-corrected chi connectivity index (χ0v) is 24.7. The SMILES string of the molecule is CC(C)c1nc(-c2cccc(NSc3ccco3)c2)c(-c2ccnc(Nc3ccc(N4CCOCC4)nc3)n2)s1.OO. The number of morpholine rings is 1. The Labute approximate surface area is 251 Å². The van der Waals surface area contributed by atoms with Gasteiger partial charge in [-0.3, -0.25) is 10.5 Å². The number of nitrogens with one attached hydrogen (secondary N) is 2. The number of nitrogens with zero attached hydrogens (tertiary/aromatic N) is 5. The minimum absolute atomic E-state index is 0.295. The molecule has 0 bridgehead atoms. The van der Waals surface area contributed by atoms with Crippen LogP contribution in [0.15, 0.2) is 82.8 Å². The second kappa shape index (κ2) is 14.2. The summed E-state index contributed by atoms with van der Waals surface area (Å²) in [5.74, 6) is 1.75. The van der Waals surface area contributed by atoms with Crippen molar-refractivity contribution in [3.8, 4) is 21.8 Å². The van der Waals surface area contributed by atoms with Gasteiger partial charge in [0.1, 0.15) is 5.82 Å². The molecule has 42 heavy (non-hydrogen) atoms. The first-order chi connectivity index (χ1) is 20.6. The van der Waals surface area contributed by atoms with Crippen LogP contribution in [0.5, 0.6) is 0 Å². The van der Waals surface area contributed by atoms with Crippen molar-refractivity contribution in [2.75, 3.05) is 41.2 Å². The van der Waals surface area contributed by atoms with Crippen molar-refractivity contribution in [3.63, 3.8) is 0 Å². The first-order valence-corrected chi connectivity index (χ1v) is 14.9. The Bertz CT molecular complexity index is 1560. The molecule has 0 aliphatic carbocycles. The minimum atomic E-state index is 0.295. The molecule has 11 nitrogen and oxygen atoms in total. The molecule has 13 heteroatoms. The molecule has 0 radical (unpaired) electrons. The van der Waals surface area contributed by atoms with Gasteiger partial charge in [-0.05, 0) is 42.5 Å². The number of furan rings is 1. The zero-order valence-electron chi connectivity index (χ0n) is 23.1. The van der Waals surface area contributed by atoms with Gasteiger partial charge >= 0.3 is 0 Å². The van der Waals surface area contributed by atoms with E-state index < -0.39 is 0 Å². The van der Waals surface area contributed by atoms with Crippen LogP contribution in [0.4, 0.5) is 23.1 Å². The summed E-state index contributed by atoms with van der Waals surface area (Å²) in [6.07, 6.45) is 5.25. The molecule has 1 saturated heterocycles. The number of anilines is 4. The molecule has 0 unspecified atom stereocenters. The quantitative estimate of drug-likeness (QED) is 0.0773. The Kier molecular flexibility index (Phi) is 10.0. The van der Waals surface area contributed by atoms with Gasteiger partial charge in [0.05, 0.1) is 52.6 Å². The summed E-state index contributed by atoms with van der Waals surface area (Å²) in [6.45, 7) is 7.47. The fourth-order valence-electron chi connectivity index (χ4n) is 4.23. The van der Waals surface area contributed by atoms with Gasteiger partial charge in [0.25, 0.3) is 0 Å². The van der Waals surface area contributed by atoms with E-state index in [9.17, 15) is 0 Å². The highest BCUT2D eigenvalue weighted by Gasteiger charge is 2.19. The summed E-state index contributed by atoms with van der Waals surface area (Å²) in [5, 5.41) is 17.2. The average Bonchev–Trinajstić information content (AvgIpc) is 3.73. The van der Waals surface area contributed by atoms with Crippen molar-refractivity contribution in [2.45, 2.75) is 24.9 Å². The van der Waals surface area contributed by atoms with E-state index in [4.69, 9.17) is 29.6 Å². The Morgan fingerprint density at radius 1 is 0.976 bits per heavy atom. The molecule has 4 N–H and O–H groups in total. The molecule has 1 aromatic carbocycles. The normalized spacial score (nSPS) is 13.0. The molecular weight excluding hydrogens is 574 g/mol. The first kappa shape index (κ1) is 29.5. The van der Waals surface area contributed by atoms with Crippen LogP contribution < -0.4 is 14.9 Å². The number of pyridine rings is 1. The molecule has 0 amide bonds. The second-order valence-electron chi connectivity index (χ2n) is 9.50. The highest BCUT2D eigenvalue weighted by molar-refractivity contribution is 8.00. The maximum Gasteiger partial charge on any atom is 0.227 e. The van der Waals surface area contributed by atoms with Crippen molar-refractivity contribution in [1.29, 1.82) is 0 Å². The van der Waals surface area contributed by atoms with Crippen LogP contribution in [0.3, 0.4) is 0 Å². The summed E-state index contributed by atoms with van der Waals surface area (Å²) < 4.78 is 14.2. The van der Waals surface area contributed by atoms with Crippen LogP contribution in [-0.2, 0) is 4.74 Å². The Morgan fingerprint density at radius 3 is 2.57 bits per heavy atom. The first-order valence-electron chi connectivity index (χ1n) is 13.3. The monoisotopic (exact) mass is 605 g/mol. The summed E-state index contributed by atoms with van der Waals surface area (Å²) in [7, 11) is 0. The van der Waals surface area contributed by atoms with Crippen LogP contribution >= 0.6 is 23.3 Å². The van der Waals surface area contributed by atoms with Gasteiger partial charge in [-0.2, -0.15) is 0 Å². The van der Waals surface area contributed by atoms with Crippen molar-refractivity contribution in [3.05, 3.63) is 78.3 Å². The zero-order chi connectivity index (χ0) is 29.3. The number of hydrogen-bond acceptors (Lipinski definition) is 13. The maximum absolute atomic E-state index is 6.00. The fourth-order valence-corrected chi connectivity index (χ4v) is 5.88. The van der Waals surface area contributed by atoms with Gasteiger partial charge in [-0.1, -0.05) is 26.0 Å². The van der Waals surface area contributed by atoms with Crippen LogP contribution in [-0.4, -0.2) is 56.8 Å². The number of hydrogen-bond donors (Lipinski definition) is 4. The predicted octanol–water partition coefficient (Wildman–Crippen LogP) is 7.10. The lowest BCUT2D eigenvalue weighted by atomic mass is 10.1. The molecule has 0 spiro atoms. The summed E-state index contributed by atoms with van der Waals surface area (Å²) in [4.78, 5) is 22.2. The van der Waals surface area contributed by atoms with Gasteiger partial charge in [-0.25, -0.2) is 19.9 Å². The van der Waals surface area contributed by atoms with E-state index in [2.05, 4.69) is 50.9 Å². The lowest BCUT2D eigenvalue weighted by molar-refractivity contribution is -0.176. The topological polar surface area (TPSA) is 142 Å². The Morgan fingerprint density at radius 2 is 1.83 bits per heavy atom. The van der Waals surface area contributed by atoms with E-state index in [1.54, 1.807) is 23.8 Å². The Hall–Kier alpha value is -4.01. The smallest absolute Gasteiger partial charge is 0.227 e. The highest BCUT2D eigenvalue weighted by atomic mass is 32.2. The number of benzene rings is 1. The van der Waals surface area contributed by atoms with Gasteiger partial charge < -0.3 is 24.1 Å². The van der Waals surface area contributed by atoms with E-state index >= 15 is 0 Å². The van der Waals surface area contributed by atoms with E-state index in [0.717, 1.165) is 75.4 Å². The van der Waals surface area contributed by atoms with Gasteiger partial charge in [0, 0.05) is 48.4 Å². The lowest BCUT2D eigenvalue weighted by Gasteiger charge is -2.27. The molecule has 5 heterocycles. The maximum atomic E-state index is 6.00. The van der Waals surface area contributed by atoms with Crippen LogP contribution in [0.1, 0.15) is 24.8 Å². The van der Waals surface area contributed by atoms with E-state index in [1.807, 2.05) is 48.7 Å². The second-order valence-corrected chi connectivity index (χ2v) is 11.3. The predicted molar refractivity (Wildman–Crippen MR) is 167 cm³/mol. The van der Waals surface area contributed by atoms with Crippen LogP contribution in [0.25, 0.3) is 21.8 Å². The molecule has 0 atom stereocenters. The number of rotatable bonds is 9. The van der Waals surface area contributed by atoms with E-state index in [1.165, 1.54) is 11.9 Å². The van der Waals surface area contributed by atoms with Gasteiger partial charge in [0.15, 0.2) is 5.09 Å². The molecule has 1 aliphatic heterocycles. The summed E-state index contributed by atoms with van der Waals surface area (Å²) in [5.41, 5.74) is 4.52. The van der Waals surface area contributed by atoms with E-state index in [-0.39, 0.29) is 0 Å². The number of ether oxygens (including phenoxy) is 1. The van der Waals surface area contributed by atoms with Crippen molar-refractivity contribution >= 4 is 46.4 Å². The van der Waals surface area contributed by atoms with Crippen molar-refractivity contribution < 1.29 is 19.7 Å². The van der Waals surface area contributed by atoms with E-state index in [0.29, 0.717) is 11.9 Å². The fraction of sp³-hybridized carbons (Fsp3) is 0.241. The average molecular weight is 606 g/mol. The molecule has 1 fully saturated rings. The summed E-state index contributed by atoms with van der Waals surface area (Å²) in [6, 6.07) is 18.0. The highest BCUT2D eigenvalue weighted by Crippen LogP contribution is 2.39. The molecule has 0 saturated carbocycles. The summed E-state index contributed by atoms with van der Waals surface area (Å²) >= 11 is 3.10. The van der Waals surface area contributed by atoms with Crippen molar-refractivity contribution in [1.82, 2.24) is 19.9 Å². The third-order valence-corrected chi connectivity index (χ3v) is 8.42. The standard InChI is InChI=1S/C29H29N7O2S2.H2O2/c1-19(2)28-34-26(20-5-3-6-21(17-20)35-40-25-7-4-14-38-25)27(39-28)23-10-11-30-29(33-23)32-22-8-9-24(31-18-22)36-12-15-37-16-13-36;1-2/h3-11,14,17-19,35H,12-13,15-16H2,1-2H3,(H,30,32,33);1-2H. The van der Waals surface area contributed by atoms with Crippen LogP contribution in [0.2, 0.25) is 0 Å². The van der Waals surface area contributed by atoms with Gasteiger partial charge in [-0.15, -0.1) is 11.3 Å². The third-order valence-electron chi connectivity index (χ3n) is 6.27. The molecular formula is C29H31N7O4S2. The van der Waals surface area contributed by atoms with Crippen LogP contribution in [0, 0.1) is 0 Å². The Balaban J connectivity index is 0.00000173. The number of thiazole rings is 1. The molecule has 6 rings (SSSR count).